The van der Waals surface area contributed by atoms with Gasteiger partial charge >= 0.3 is 15.2 Å². The summed E-state index contributed by atoms with van der Waals surface area (Å²) >= 11 is 2.34. The number of aliphatic hydroxyl groups excluding tert-OH is 1. The highest BCUT2D eigenvalue weighted by Crippen LogP contribution is 2.46. The van der Waals surface area contributed by atoms with E-state index < -0.39 is 34.1 Å². The number of nitrogens with one attached hydrogen (secondary N) is 1. The quantitative estimate of drug-likeness (QED) is 0.144. The van der Waals surface area contributed by atoms with E-state index in [0.29, 0.717) is 42.3 Å². The monoisotopic (exact) mass is 572 g/mol. The van der Waals surface area contributed by atoms with E-state index in [1.165, 1.54) is 29.8 Å². The van der Waals surface area contributed by atoms with Crippen LogP contribution in [0.5, 0.6) is 11.5 Å². The number of aliphatic hydroxyl groups is 1. The topological polar surface area (TPSA) is 193 Å². The van der Waals surface area contributed by atoms with E-state index in [1.54, 1.807) is 36.4 Å². The standard InChI is InChI=1S/C21H22N2O9P2S2/c1-32-15-7-11(6-12(8-24)20(15)25)21-22-18(16-4-2-13(35-16)9-33(26,27)28)19(23-21)17-5-3-14(36-17)10-34(29,30)31/h2-7,24-25H,8-10H2,1H3,(H,22,23)(H2,26,27,28)(H2,29,30,31). The van der Waals surface area contributed by atoms with E-state index in [-0.39, 0.29) is 17.1 Å². The molecule has 0 spiro atoms. The van der Waals surface area contributed by atoms with Crippen LogP contribution in [0, 0.1) is 0 Å². The molecule has 1 aromatic carbocycles. The van der Waals surface area contributed by atoms with Gasteiger partial charge in [0.1, 0.15) is 11.5 Å². The van der Waals surface area contributed by atoms with Crippen molar-refractivity contribution in [2.45, 2.75) is 18.9 Å². The summed E-state index contributed by atoms with van der Waals surface area (Å²) in [6.45, 7) is -0.441. The second kappa shape index (κ2) is 10.2. The Morgan fingerprint density at radius 3 is 2.08 bits per heavy atom. The van der Waals surface area contributed by atoms with E-state index in [4.69, 9.17) is 9.72 Å². The lowest BCUT2D eigenvalue weighted by atomic mass is 10.1. The Balaban J connectivity index is 1.85. The Bertz CT molecular complexity index is 1390. The van der Waals surface area contributed by atoms with Crippen LogP contribution >= 0.6 is 37.9 Å². The molecule has 7 N–H and O–H groups in total. The Labute approximate surface area is 213 Å². The molecular weight excluding hydrogens is 550 g/mol. The van der Waals surface area contributed by atoms with Gasteiger partial charge in [0.25, 0.3) is 0 Å². The Kier molecular flexibility index (Phi) is 7.59. The van der Waals surface area contributed by atoms with Gasteiger partial charge in [-0.25, -0.2) is 4.98 Å². The number of benzene rings is 1. The fourth-order valence-corrected chi connectivity index (χ4v) is 7.69. The third-order valence-electron chi connectivity index (χ3n) is 5.05. The van der Waals surface area contributed by atoms with Crippen LogP contribution in [0.3, 0.4) is 0 Å². The van der Waals surface area contributed by atoms with Crippen molar-refractivity contribution >= 4 is 37.9 Å². The summed E-state index contributed by atoms with van der Waals surface area (Å²) in [5, 5.41) is 19.9. The van der Waals surface area contributed by atoms with Gasteiger partial charge in [-0.3, -0.25) is 9.13 Å². The largest absolute Gasteiger partial charge is 0.504 e. The number of rotatable bonds is 9. The number of hydrogen-bond acceptors (Lipinski definition) is 8. The molecule has 0 radical (unpaired) electrons. The number of ether oxygens (including phenoxy) is 1. The molecule has 0 aliphatic carbocycles. The molecule has 11 nitrogen and oxygen atoms in total. The summed E-state index contributed by atoms with van der Waals surface area (Å²) in [6, 6.07) is 9.72. The molecule has 0 amide bonds. The second-order valence-electron chi connectivity index (χ2n) is 7.83. The molecule has 4 rings (SSSR count). The summed E-state index contributed by atoms with van der Waals surface area (Å²) in [5.41, 5.74) is 1.73. The molecule has 0 atom stereocenters. The lowest BCUT2D eigenvalue weighted by molar-refractivity contribution is 0.272. The van der Waals surface area contributed by atoms with Gasteiger partial charge < -0.3 is 39.5 Å². The molecule has 0 unspecified atom stereocenters. The van der Waals surface area contributed by atoms with Crippen LogP contribution in [0.15, 0.2) is 36.4 Å². The molecule has 3 aromatic heterocycles. The summed E-state index contributed by atoms with van der Waals surface area (Å²) < 4.78 is 28.1. The van der Waals surface area contributed by atoms with Gasteiger partial charge in [-0.1, -0.05) is 0 Å². The summed E-state index contributed by atoms with van der Waals surface area (Å²) in [5.74, 6) is 0.301. The van der Waals surface area contributed by atoms with E-state index in [0.717, 1.165) is 0 Å². The fourth-order valence-electron chi connectivity index (χ4n) is 3.54. The lowest BCUT2D eigenvalue weighted by Crippen LogP contribution is -1.92. The molecule has 36 heavy (non-hydrogen) atoms. The highest BCUT2D eigenvalue weighted by Gasteiger charge is 2.23. The Hall–Kier alpha value is -2.31. The summed E-state index contributed by atoms with van der Waals surface area (Å²) in [6.07, 6.45) is -0.820. The van der Waals surface area contributed by atoms with Crippen LogP contribution < -0.4 is 4.74 Å². The normalized spacial score (nSPS) is 12.3. The molecule has 0 bridgehead atoms. The smallest absolute Gasteiger partial charge is 0.330 e. The van der Waals surface area contributed by atoms with Crippen molar-refractivity contribution in [3.8, 4) is 44.0 Å². The van der Waals surface area contributed by atoms with Crippen molar-refractivity contribution < 1.29 is 43.7 Å². The van der Waals surface area contributed by atoms with Crippen LogP contribution in [0.2, 0.25) is 0 Å². The van der Waals surface area contributed by atoms with E-state index in [9.17, 15) is 38.9 Å². The molecular formula is C21H22N2O9P2S2. The first-order valence-electron chi connectivity index (χ1n) is 10.3. The molecule has 4 aromatic rings. The minimum atomic E-state index is -4.27. The summed E-state index contributed by atoms with van der Waals surface area (Å²) in [7, 11) is -7.16. The van der Waals surface area contributed by atoms with Crippen LogP contribution in [0.4, 0.5) is 0 Å². The van der Waals surface area contributed by atoms with Gasteiger partial charge in [-0.05, 0) is 36.4 Å². The first-order chi connectivity index (χ1) is 16.9. The molecule has 192 valence electrons. The number of imidazole rings is 1. The second-order valence-corrected chi connectivity index (χ2v) is 13.5. The minimum absolute atomic E-state index is 0.135. The molecule has 0 aliphatic heterocycles. The van der Waals surface area contributed by atoms with Crippen LogP contribution in [-0.2, 0) is 28.1 Å². The Morgan fingerprint density at radius 2 is 1.53 bits per heavy atom. The zero-order valence-corrected chi connectivity index (χ0v) is 22.1. The maximum atomic E-state index is 11.5. The maximum Gasteiger partial charge on any atom is 0.330 e. The van der Waals surface area contributed by atoms with Gasteiger partial charge in [0.2, 0.25) is 0 Å². The average molecular weight is 572 g/mol. The molecule has 15 heteroatoms. The van der Waals surface area contributed by atoms with Crippen LogP contribution in [-0.4, -0.2) is 46.9 Å². The van der Waals surface area contributed by atoms with Gasteiger partial charge in [0, 0.05) is 20.9 Å². The SMILES string of the molecule is COc1cc(-c2nc(-c3ccc(CP(=O)(O)O)s3)c(-c3ccc(CP(=O)(O)O)s3)[nH]2)cc(CO)c1O. The number of nitrogens with zero attached hydrogens (tertiary/aromatic N) is 1. The third-order valence-corrected chi connectivity index (χ3v) is 9.18. The molecule has 0 saturated heterocycles. The van der Waals surface area contributed by atoms with E-state index in [2.05, 4.69) is 4.98 Å². The zero-order chi connectivity index (χ0) is 26.3. The number of aromatic amines is 1. The van der Waals surface area contributed by atoms with Crippen LogP contribution in [0.1, 0.15) is 15.3 Å². The lowest BCUT2D eigenvalue weighted by Gasteiger charge is -2.09. The number of methoxy groups -OCH3 is 1. The molecule has 0 fully saturated rings. The highest BCUT2D eigenvalue weighted by atomic mass is 32.1. The number of hydrogen-bond donors (Lipinski definition) is 7. The Morgan fingerprint density at radius 1 is 0.944 bits per heavy atom. The first kappa shape index (κ1) is 26.7. The van der Waals surface area contributed by atoms with Gasteiger partial charge in [-0.15, -0.1) is 22.7 Å². The number of phenols is 1. The number of aromatic nitrogens is 2. The van der Waals surface area contributed by atoms with E-state index in [1.807, 2.05) is 0 Å². The first-order valence-corrected chi connectivity index (χ1v) is 15.5. The van der Waals surface area contributed by atoms with Gasteiger partial charge in [-0.2, -0.15) is 0 Å². The predicted molar refractivity (Wildman–Crippen MR) is 136 cm³/mol. The highest BCUT2D eigenvalue weighted by molar-refractivity contribution is 7.51. The third kappa shape index (κ3) is 6.15. The molecule has 3 heterocycles. The summed E-state index contributed by atoms with van der Waals surface area (Å²) in [4.78, 5) is 47.5. The number of thiophene rings is 2. The minimum Gasteiger partial charge on any atom is -0.504 e. The van der Waals surface area contributed by atoms with Gasteiger partial charge in [0.05, 0.1) is 41.5 Å². The van der Waals surface area contributed by atoms with E-state index >= 15 is 0 Å². The average Bonchev–Trinajstić information content (AvgIpc) is 3.51. The predicted octanol–water partition coefficient (Wildman–Crippen LogP) is 4.10. The molecule has 0 saturated carbocycles. The van der Waals surface area contributed by atoms with Crippen molar-refractivity contribution in [3.05, 3.63) is 51.7 Å². The van der Waals surface area contributed by atoms with Crippen molar-refractivity contribution in [2.75, 3.05) is 7.11 Å². The molecule has 0 aliphatic rings. The van der Waals surface area contributed by atoms with Crippen LogP contribution in [0.25, 0.3) is 32.5 Å². The van der Waals surface area contributed by atoms with Crippen molar-refractivity contribution in [1.29, 1.82) is 0 Å². The fraction of sp³-hybridized carbons (Fsp3) is 0.190. The maximum absolute atomic E-state index is 11.5. The van der Waals surface area contributed by atoms with Crippen molar-refractivity contribution in [1.82, 2.24) is 9.97 Å². The zero-order valence-electron chi connectivity index (χ0n) is 18.7. The van der Waals surface area contributed by atoms with Gasteiger partial charge in [0.15, 0.2) is 11.5 Å². The number of aromatic hydroxyl groups is 1. The van der Waals surface area contributed by atoms with Crippen molar-refractivity contribution in [2.24, 2.45) is 0 Å². The number of H-pyrrole nitrogens is 1. The van der Waals surface area contributed by atoms with Crippen molar-refractivity contribution in [3.63, 3.8) is 0 Å².